The third kappa shape index (κ3) is 4.09. The second kappa shape index (κ2) is 8.86. The number of hydrogen-bond acceptors (Lipinski definition) is 6. The predicted octanol–water partition coefficient (Wildman–Crippen LogP) is 4.74. The molecule has 0 bridgehead atoms. The Balaban J connectivity index is 1.89. The molecule has 0 saturated carbocycles. The first kappa shape index (κ1) is 22.2. The molecular formula is C26H25NO6. The lowest BCUT2D eigenvalue weighted by Crippen LogP contribution is -2.29. The quantitative estimate of drug-likeness (QED) is 0.322. The standard InChI is InChI=1S/C26H25NO6/c1-15(2)20-13-17(9-10-21(20)32-3)24(29)22-23(16-6-4-7-18(28)12-16)27(26(31)25(22)30)14-19-8-5-11-33-19/h4-13,15,23,28-29H,14H2,1-3H3/b24-22-. The SMILES string of the molecule is COc1ccc(/C(O)=C2/C(=O)C(=O)N(Cc3ccco3)C2c2cccc(O)c2)cc1C(C)C. The van der Waals surface area contributed by atoms with Gasteiger partial charge in [0.2, 0.25) is 0 Å². The molecule has 33 heavy (non-hydrogen) atoms. The highest BCUT2D eigenvalue weighted by Gasteiger charge is 2.46. The molecule has 0 aliphatic carbocycles. The number of phenols is 1. The predicted molar refractivity (Wildman–Crippen MR) is 122 cm³/mol. The number of carbonyl (C=O) groups is 2. The van der Waals surface area contributed by atoms with Gasteiger partial charge in [0.1, 0.15) is 23.0 Å². The number of methoxy groups -OCH3 is 1. The Morgan fingerprint density at radius 1 is 1.12 bits per heavy atom. The van der Waals surface area contributed by atoms with Crippen LogP contribution in [0.1, 0.15) is 48.3 Å². The van der Waals surface area contributed by atoms with Crippen LogP contribution >= 0.6 is 0 Å². The van der Waals surface area contributed by atoms with E-state index < -0.39 is 17.7 Å². The Hall–Kier alpha value is -4.00. The number of aliphatic hydroxyl groups excluding tert-OH is 1. The van der Waals surface area contributed by atoms with Crippen molar-refractivity contribution >= 4 is 17.4 Å². The summed E-state index contributed by atoms with van der Waals surface area (Å²) in [6.45, 7) is 4.03. The van der Waals surface area contributed by atoms with Crippen molar-refractivity contribution in [3.8, 4) is 11.5 Å². The monoisotopic (exact) mass is 447 g/mol. The van der Waals surface area contributed by atoms with Gasteiger partial charge in [0.25, 0.3) is 11.7 Å². The second-order valence-corrected chi connectivity index (χ2v) is 8.21. The first-order valence-corrected chi connectivity index (χ1v) is 10.6. The van der Waals surface area contributed by atoms with Crippen LogP contribution in [0.5, 0.6) is 11.5 Å². The van der Waals surface area contributed by atoms with E-state index in [4.69, 9.17) is 9.15 Å². The minimum atomic E-state index is -0.896. The number of rotatable bonds is 6. The zero-order valence-corrected chi connectivity index (χ0v) is 18.6. The number of aromatic hydroxyl groups is 1. The lowest BCUT2D eigenvalue weighted by molar-refractivity contribution is -0.140. The molecule has 1 saturated heterocycles. The molecule has 170 valence electrons. The molecule has 1 aliphatic rings. The molecule has 1 atom stereocenters. The number of phenolic OH excluding ortho intramolecular Hbond substituents is 1. The fraction of sp³-hybridized carbons (Fsp3) is 0.231. The van der Waals surface area contributed by atoms with E-state index >= 15 is 0 Å². The summed E-state index contributed by atoms with van der Waals surface area (Å²) in [6.07, 6.45) is 1.49. The number of amides is 1. The molecule has 7 heteroatoms. The number of likely N-dealkylation sites (tertiary alicyclic amines) is 1. The summed E-state index contributed by atoms with van der Waals surface area (Å²) >= 11 is 0. The molecule has 4 rings (SSSR count). The molecule has 3 aromatic rings. The van der Waals surface area contributed by atoms with Crippen molar-refractivity contribution in [1.29, 1.82) is 0 Å². The Morgan fingerprint density at radius 2 is 1.91 bits per heavy atom. The van der Waals surface area contributed by atoms with Crippen LogP contribution in [-0.4, -0.2) is 33.9 Å². The minimum absolute atomic E-state index is 0.0115. The first-order chi connectivity index (χ1) is 15.8. The molecular weight excluding hydrogens is 422 g/mol. The Bertz CT molecular complexity index is 1230. The summed E-state index contributed by atoms with van der Waals surface area (Å²) in [4.78, 5) is 27.5. The third-order valence-corrected chi connectivity index (χ3v) is 5.76. The smallest absolute Gasteiger partial charge is 0.296 e. The van der Waals surface area contributed by atoms with E-state index in [0.717, 1.165) is 5.56 Å². The topological polar surface area (TPSA) is 100 Å². The molecule has 0 spiro atoms. The lowest BCUT2D eigenvalue weighted by atomic mass is 9.93. The van der Waals surface area contributed by atoms with Gasteiger partial charge in [-0.15, -0.1) is 0 Å². The van der Waals surface area contributed by atoms with Crippen molar-refractivity contribution in [2.45, 2.75) is 32.4 Å². The maximum Gasteiger partial charge on any atom is 0.296 e. The number of Topliss-reactive ketones (excluding diaryl/α,β-unsaturated/α-hetero) is 1. The molecule has 2 N–H and O–H groups in total. The molecule has 1 amide bonds. The van der Waals surface area contributed by atoms with E-state index in [9.17, 15) is 19.8 Å². The molecule has 1 fully saturated rings. The van der Waals surface area contributed by atoms with Crippen molar-refractivity contribution in [1.82, 2.24) is 4.90 Å². The minimum Gasteiger partial charge on any atom is -0.508 e. The van der Waals surface area contributed by atoms with E-state index in [1.807, 2.05) is 13.8 Å². The average molecular weight is 447 g/mol. The highest BCUT2D eigenvalue weighted by atomic mass is 16.5. The molecule has 1 unspecified atom stereocenters. The van der Waals surface area contributed by atoms with Gasteiger partial charge in [0.05, 0.1) is 31.5 Å². The van der Waals surface area contributed by atoms with Crippen LogP contribution < -0.4 is 4.74 Å². The summed E-state index contributed by atoms with van der Waals surface area (Å²) in [5.74, 6) is -0.571. The Kier molecular flexibility index (Phi) is 5.96. The summed E-state index contributed by atoms with van der Waals surface area (Å²) in [6, 6.07) is 14.0. The number of aliphatic hydroxyl groups is 1. The Labute approximate surface area is 191 Å². The van der Waals surface area contributed by atoms with E-state index in [0.29, 0.717) is 22.6 Å². The van der Waals surface area contributed by atoms with Crippen LogP contribution in [0.3, 0.4) is 0 Å². The number of ether oxygens (including phenoxy) is 1. The van der Waals surface area contributed by atoms with E-state index in [1.54, 1.807) is 49.6 Å². The number of nitrogens with zero attached hydrogens (tertiary/aromatic N) is 1. The average Bonchev–Trinajstić information content (AvgIpc) is 3.40. The van der Waals surface area contributed by atoms with Gasteiger partial charge in [0, 0.05) is 5.56 Å². The third-order valence-electron chi connectivity index (χ3n) is 5.76. The van der Waals surface area contributed by atoms with Crippen LogP contribution in [-0.2, 0) is 16.1 Å². The molecule has 0 radical (unpaired) electrons. The molecule has 2 heterocycles. The van der Waals surface area contributed by atoms with Crippen LogP contribution in [0.2, 0.25) is 0 Å². The zero-order valence-electron chi connectivity index (χ0n) is 18.6. The maximum absolute atomic E-state index is 13.1. The van der Waals surface area contributed by atoms with Gasteiger partial charge in [-0.05, 0) is 59.5 Å². The van der Waals surface area contributed by atoms with Crippen LogP contribution in [0.4, 0.5) is 0 Å². The van der Waals surface area contributed by atoms with E-state index in [-0.39, 0.29) is 29.5 Å². The normalized spacial score (nSPS) is 17.7. The van der Waals surface area contributed by atoms with Crippen molar-refractivity contribution < 1.29 is 29.0 Å². The van der Waals surface area contributed by atoms with Crippen LogP contribution in [0, 0.1) is 0 Å². The van der Waals surface area contributed by atoms with Gasteiger partial charge in [0.15, 0.2) is 0 Å². The van der Waals surface area contributed by atoms with Crippen LogP contribution in [0.25, 0.3) is 5.76 Å². The molecule has 7 nitrogen and oxygen atoms in total. The van der Waals surface area contributed by atoms with Gasteiger partial charge in [-0.1, -0.05) is 26.0 Å². The number of benzene rings is 2. The molecule has 2 aromatic carbocycles. The number of hydrogen-bond donors (Lipinski definition) is 2. The van der Waals surface area contributed by atoms with Crippen molar-refractivity contribution in [2.75, 3.05) is 7.11 Å². The van der Waals surface area contributed by atoms with Crippen molar-refractivity contribution in [3.63, 3.8) is 0 Å². The van der Waals surface area contributed by atoms with Crippen molar-refractivity contribution in [3.05, 3.63) is 88.9 Å². The number of ketones is 1. The van der Waals surface area contributed by atoms with Gasteiger partial charge < -0.3 is 24.3 Å². The van der Waals surface area contributed by atoms with Gasteiger partial charge >= 0.3 is 0 Å². The largest absolute Gasteiger partial charge is 0.508 e. The summed E-state index contributed by atoms with van der Waals surface area (Å²) in [7, 11) is 1.57. The molecule has 1 aliphatic heterocycles. The Morgan fingerprint density at radius 3 is 2.55 bits per heavy atom. The summed E-state index contributed by atoms with van der Waals surface area (Å²) in [5, 5.41) is 21.3. The van der Waals surface area contributed by atoms with Gasteiger partial charge in [-0.3, -0.25) is 9.59 Å². The highest BCUT2D eigenvalue weighted by Crippen LogP contribution is 2.41. The van der Waals surface area contributed by atoms with E-state index in [2.05, 4.69) is 0 Å². The van der Waals surface area contributed by atoms with Crippen LogP contribution in [0.15, 0.2) is 70.9 Å². The fourth-order valence-corrected chi connectivity index (χ4v) is 4.14. The van der Waals surface area contributed by atoms with E-state index in [1.165, 1.54) is 23.3 Å². The van der Waals surface area contributed by atoms with Gasteiger partial charge in [-0.2, -0.15) is 0 Å². The van der Waals surface area contributed by atoms with Gasteiger partial charge in [-0.25, -0.2) is 0 Å². The first-order valence-electron chi connectivity index (χ1n) is 10.6. The fourth-order valence-electron chi connectivity index (χ4n) is 4.14. The number of carbonyl (C=O) groups excluding carboxylic acids is 2. The zero-order chi connectivity index (χ0) is 23.7. The summed E-state index contributed by atoms with van der Waals surface area (Å²) < 4.78 is 10.8. The highest BCUT2D eigenvalue weighted by molar-refractivity contribution is 6.46. The van der Waals surface area contributed by atoms with Crippen molar-refractivity contribution in [2.24, 2.45) is 0 Å². The summed E-state index contributed by atoms with van der Waals surface area (Å²) in [5.41, 5.74) is 1.72. The maximum atomic E-state index is 13.1. The molecule has 1 aromatic heterocycles. The number of furan rings is 1. The second-order valence-electron chi connectivity index (χ2n) is 8.21. The lowest BCUT2D eigenvalue weighted by Gasteiger charge is -2.24.